The molecular weight excluding hydrogens is 204 g/mol. The van der Waals surface area contributed by atoms with E-state index in [1.807, 2.05) is 44.2 Å². The molecule has 4 nitrogen and oxygen atoms in total. The fraction of sp³-hybridized carbons (Fsp3) is 0.417. The van der Waals surface area contributed by atoms with Gasteiger partial charge in [0, 0.05) is 6.54 Å². The lowest BCUT2D eigenvalue weighted by Crippen LogP contribution is -2.39. The number of benzene rings is 1. The number of para-hydroxylation sites is 1. The molecule has 1 aromatic carbocycles. The number of ether oxygens (including phenoxy) is 1. The zero-order chi connectivity index (χ0) is 11.8. The van der Waals surface area contributed by atoms with Crippen LogP contribution in [0.2, 0.25) is 0 Å². The summed E-state index contributed by atoms with van der Waals surface area (Å²) in [6.07, 6.45) is 0. The van der Waals surface area contributed by atoms with Gasteiger partial charge in [-0.25, -0.2) is 4.79 Å². The minimum absolute atomic E-state index is 0.175. The Kier molecular flexibility index (Phi) is 5.19. The van der Waals surface area contributed by atoms with E-state index in [1.165, 1.54) is 0 Å². The molecule has 0 aromatic heterocycles. The third-order valence-corrected chi connectivity index (χ3v) is 1.89. The normalized spacial score (nSPS) is 9.94. The fourth-order valence-electron chi connectivity index (χ4n) is 1.06. The SMILES string of the molecule is CC(C)CNC(=O)NCOc1ccccc1. The van der Waals surface area contributed by atoms with E-state index in [2.05, 4.69) is 10.6 Å². The first-order chi connectivity index (χ1) is 7.68. The molecule has 88 valence electrons. The highest BCUT2D eigenvalue weighted by molar-refractivity contribution is 5.73. The van der Waals surface area contributed by atoms with E-state index in [1.54, 1.807) is 0 Å². The Balaban J connectivity index is 2.13. The number of carbonyl (C=O) groups is 1. The van der Waals surface area contributed by atoms with Crippen molar-refractivity contribution in [3.8, 4) is 5.75 Å². The lowest BCUT2D eigenvalue weighted by molar-refractivity contribution is 0.223. The van der Waals surface area contributed by atoms with Crippen LogP contribution in [0.1, 0.15) is 13.8 Å². The Morgan fingerprint density at radius 1 is 1.25 bits per heavy atom. The van der Waals surface area contributed by atoms with Crippen LogP contribution >= 0.6 is 0 Å². The van der Waals surface area contributed by atoms with Crippen molar-refractivity contribution in [3.63, 3.8) is 0 Å². The largest absolute Gasteiger partial charge is 0.473 e. The van der Waals surface area contributed by atoms with Gasteiger partial charge in [0.2, 0.25) is 0 Å². The smallest absolute Gasteiger partial charge is 0.317 e. The van der Waals surface area contributed by atoms with Crippen molar-refractivity contribution in [2.24, 2.45) is 5.92 Å². The van der Waals surface area contributed by atoms with Crippen LogP contribution in [0, 0.1) is 5.92 Å². The minimum atomic E-state index is -0.204. The number of carbonyl (C=O) groups excluding carboxylic acids is 1. The maximum Gasteiger partial charge on any atom is 0.317 e. The van der Waals surface area contributed by atoms with Crippen molar-refractivity contribution in [1.82, 2.24) is 10.6 Å². The molecule has 4 heteroatoms. The number of nitrogens with one attached hydrogen (secondary N) is 2. The molecule has 1 rings (SSSR count). The van der Waals surface area contributed by atoms with Crippen LogP contribution < -0.4 is 15.4 Å². The molecule has 0 saturated heterocycles. The monoisotopic (exact) mass is 222 g/mol. The van der Waals surface area contributed by atoms with Gasteiger partial charge in [0.1, 0.15) is 5.75 Å². The van der Waals surface area contributed by atoms with E-state index in [-0.39, 0.29) is 12.8 Å². The van der Waals surface area contributed by atoms with Gasteiger partial charge in [-0.05, 0) is 18.1 Å². The van der Waals surface area contributed by atoms with Crippen LogP contribution in [0.5, 0.6) is 5.75 Å². The van der Waals surface area contributed by atoms with E-state index >= 15 is 0 Å². The third-order valence-electron chi connectivity index (χ3n) is 1.89. The first kappa shape index (κ1) is 12.4. The Labute approximate surface area is 96.0 Å². The molecule has 0 unspecified atom stereocenters. The topological polar surface area (TPSA) is 50.4 Å². The fourth-order valence-corrected chi connectivity index (χ4v) is 1.06. The summed E-state index contributed by atoms with van der Waals surface area (Å²) >= 11 is 0. The summed E-state index contributed by atoms with van der Waals surface area (Å²) < 4.78 is 5.31. The number of rotatable bonds is 5. The molecule has 0 bridgehead atoms. The van der Waals surface area contributed by atoms with Gasteiger partial charge in [0.15, 0.2) is 6.73 Å². The summed E-state index contributed by atoms with van der Waals surface area (Å²) in [6, 6.07) is 9.16. The highest BCUT2D eigenvalue weighted by Crippen LogP contribution is 2.06. The Morgan fingerprint density at radius 2 is 1.94 bits per heavy atom. The molecule has 0 aliphatic heterocycles. The molecule has 2 amide bonds. The predicted molar refractivity (Wildman–Crippen MR) is 63.3 cm³/mol. The summed E-state index contributed by atoms with van der Waals surface area (Å²) in [4.78, 5) is 11.2. The van der Waals surface area contributed by atoms with Gasteiger partial charge in [0.05, 0.1) is 0 Å². The van der Waals surface area contributed by atoms with Crippen LogP contribution in [0.3, 0.4) is 0 Å². The van der Waals surface area contributed by atoms with Gasteiger partial charge in [0.25, 0.3) is 0 Å². The molecule has 0 atom stereocenters. The summed E-state index contributed by atoms with van der Waals surface area (Å²) in [5, 5.41) is 5.35. The average molecular weight is 222 g/mol. The molecule has 0 spiro atoms. The molecule has 0 radical (unpaired) electrons. The van der Waals surface area contributed by atoms with E-state index in [0.717, 1.165) is 5.75 Å². The highest BCUT2D eigenvalue weighted by atomic mass is 16.5. The number of hydrogen-bond acceptors (Lipinski definition) is 2. The molecule has 1 aromatic rings. The van der Waals surface area contributed by atoms with E-state index in [0.29, 0.717) is 12.5 Å². The molecule has 0 heterocycles. The zero-order valence-corrected chi connectivity index (χ0v) is 9.69. The third kappa shape index (κ3) is 5.24. The number of urea groups is 1. The lowest BCUT2D eigenvalue weighted by Gasteiger charge is -2.10. The number of amides is 2. The van der Waals surface area contributed by atoms with Crippen LogP contribution in [0.15, 0.2) is 30.3 Å². The van der Waals surface area contributed by atoms with Gasteiger partial charge in [-0.3, -0.25) is 0 Å². The zero-order valence-electron chi connectivity index (χ0n) is 9.69. The van der Waals surface area contributed by atoms with Gasteiger partial charge < -0.3 is 15.4 Å². The van der Waals surface area contributed by atoms with Crippen LogP contribution in [-0.2, 0) is 0 Å². The summed E-state index contributed by atoms with van der Waals surface area (Å²) in [5.74, 6) is 1.19. The van der Waals surface area contributed by atoms with Crippen molar-refractivity contribution in [2.45, 2.75) is 13.8 Å². The van der Waals surface area contributed by atoms with Gasteiger partial charge in [-0.1, -0.05) is 32.0 Å². The van der Waals surface area contributed by atoms with E-state index in [4.69, 9.17) is 4.74 Å². The van der Waals surface area contributed by atoms with Crippen LogP contribution in [-0.4, -0.2) is 19.3 Å². The summed E-state index contributed by atoms with van der Waals surface area (Å²) in [6.45, 7) is 4.92. The average Bonchev–Trinajstić information content (AvgIpc) is 2.28. The van der Waals surface area contributed by atoms with Gasteiger partial charge in [-0.15, -0.1) is 0 Å². The Morgan fingerprint density at radius 3 is 2.56 bits per heavy atom. The standard InChI is InChI=1S/C12H18N2O2/c1-10(2)8-13-12(15)14-9-16-11-6-4-3-5-7-11/h3-7,10H,8-9H2,1-2H3,(H2,13,14,15). The van der Waals surface area contributed by atoms with Crippen molar-refractivity contribution in [3.05, 3.63) is 30.3 Å². The second-order valence-electron chi connectivity index (χ2n) is 3.88. The second kappa shape index (κ2) is 6.71. The molecule has 0 saturated carbocycles. The van der Waals surface area contributed by atoms with Gasteiger partial charge in [-0.2, -0.15) is 0 Å². The van der Waals surface area contributed by atoms with Gasteiger partial charge >= 0.3 is 6.03 Å². The highest BCUT2D eigenvalue weighted by Gasteiger charge is 2.00. The lowest BCUT2D eigenvalue weighted by atomic mass is 10.2. The van der Waals surface area contributed by atoms with E-state index < -0.39 is 0 Å². The molecule has 16 heavy (non-hydrogen) atoms. The number of hydrogen-bond donors (Lipinski definition) is 2. The first-order valence-electron chi connectivity index (χ1n) is 5.38. The predicted octanol–water partition coefficient (Wildman–Crippen LogP) is 1.98. The van der Waals surface area contributed by atoms with Crippen molar-refractivity contribution >= 4 is 6.03 Å². The minimum Gasteiger partial charge on any atom is -0.473 e. The van der Waals surface area contributed by atoms with E-state index in [9.17, 15) is 4.79 Å². The summed E-state index contributed by atoms with van der Waals surface area (Å²) in [5.41, 5.74) is 0. The first-order valence-corrected chi connectivity index (χ1v) is 5.38. The molecule has 2 N–H and O–H groups in total. The molecule has 0 fully saturated rings. The maximum absolute atomic E-state index is 11.2. The quantitative estimate of drug-likeness (QED) is 0.748. The Hall–Kier alpha value is -1.71. The molecule has 0 aliphatic rings. The Bertz CT molecular complexity index is 312. The van der Waals surface area contributed by atoms with Crippen molar-refractivity contribution in [2.75, 3.05) is 13.3 Å². The molecule has 0 aliphatic carbocycles. The molecular formula is C12H18N2O2. The maximum atomic E-state index is 11.2. The summed E-state index contributed by atoms with van der Waals surface area (Å²) in [7, 11) is 0. The van der Waals surface area contributed by atoms with Crippen molar-refractivity contribution in [1.29, 1.82) is 0 Å². The second-order valence-corrected chi connectivity index (χ2v) is 3.88. The van der Waals surface area contributed by atoms with Crippen molar-refractivity contribution < 1.29 is 9.53 Å². The van der Waals surface area contributed by atoms with Crippen LogP contribution in [0.25, 0.3) is 0 Å². The van der Waals surface area contributed by atoms with Crippen LogP contribution in [0.4, 0.5) is 4.79 Å².